The molecular weight excluding hydrogens is 302 g/mol. The summed E-state index contributed by atoms with van der Waals surface area (Å²) in [5.41, 5.74) is 0.711. The molecule has 8 nitrogen and oxygen atoms in total. The lowest BCUT2D eigenvalue weighted by atomic mass is 10.2. The highest BCUT2D eigenvalue weighted by Crippen LogP contribution is 2.32. The van der Waals surface area contributed by atoms with Crippen LogP contribution in [0.1, 0.15) is 16.8 Å². The van der Waals surface area contributed by atoms with Gasteiger partial charge in [0.2, 0.25) is 5.91 Å². The molecular formula is C15H15N3O5. The number of aromatic nitrogens is 2. The fraction of sp³-hybridized carbons (Fsp3) is 0.267. The van der Waals surface area contributed by atoms with E-state index in [1.54, 1.807) is 18.2 Å². The van der Waals surface area contributed by atoms with Gasteiger partial charge in [-0.1, -0.05) is 0 Å². The van der Waals surface area contributed by atoms with E-state index in [9.17, 15) is 9.59 Å². The van der Waals surface area contributed by atoms with Crippen LogP contribution in [0.25, 0.3) is 0 Å². The summed E-state index contributed by atoms with van der Waals surface area (Å²) in [5, 5.41) is 15.5. The fourth-order valence-corrected chi connectivity index (χ4v) is 2.16. The summed E-state index contributed by atoms with van der Waals surface area (Å²) >= 11 is 0. The van der Waals surface area contributed by atoms with Gasteiger partial charge in [-0.2, -0.15) is 5.10 Å². The summed E-state index contributed by atoms with van der Waals surface area (Å²) in [6.45, 7) is 1.29. The number of hydrogen-bond donors (Lipinski definition) is 2. The highest BCUT2D eigenvalue weighted by atomic mass is 16.6. The number of carboxylic acids is 1. The molecule has 0 spiro atoms. The Morgan fingerprint density at radius 1 is 1.26 bits per heavy atom. The SMILES string of the molecule is O=C(CCn1cc(C(=O)O)cn1)Nc1ccc2c(c1)OCCO2. The number of benzene rings is 1. The summed E-state index contributed by atoms with van der Waals surface area (Å²) in [6, 6.07) is 5.20. The van der Waals surface area contributed by atoms with Crippen LogP contribution in [0.5, 0.6) is 11.5 Å². The number of nitrogens with one attached hydrogen (secondary N) is 1. The van der Waals surface area contributed by atoms with Crippen molar-refractivity contribution in [1.29, 1.82) is 0 Å². The number of nitrogens with zero attached hydrogens (tertiary/aromatic N) is 2. The summed E-state index contributed by atoms with van der Waals surface area (Å²) < 4.78 is 12.3. The number of aryl methyl sites for hydroxylation is 1. The molecule has 1 aliphatic rings. The van der Waals surface area contributed by atoms with E-state index in [1.165, 1.54) is 17.1 Å². The minimum atomic E-state index is -1.04. The molecule has 8 heteroatoms. The molecule has 120 valence electrons. The van der Waals surface area contributed by atoms with Crippen molar-refractivity contribution in [1.82, 2.24) is 9.78 Å². The van der Waals surface area contributed by atoms with Gasteiger partial charge in [0.15, 0.2) is 11.5 Å². The summed E-state index contributed by atoms with van der Waals surface area (Å²) in [6.07, 6.45) is 2.82. The summed E-state index contributed by atoms with van der Waals surface area (Å²) in [7, 11) is 0. The van der Waals surface area contributed by atoms with Crippen molar-refractivity contribution in [3.63, 3.8) is 0 Å². The predicted octanol–water partition coefficient (Wildman–Crippen LogP) is 1.38. The second kappa shape index (κ2) is 6.39. The Morgan fingerprint density at radius 2 is 2.04 bits per heavy atom. The predicted molar refractivity (Wildman–Crippen MR) is 79.9 cm³/mol. The molecule has 0 fully saturated rings. The fourth-order valence-electron chi connectivity index (χ4n) is 2.16. The van der Waals surface area contributed by atoms with Crippen molar-refractivity contribution < 1.29 is 24.2 Å². The zero-order valence-electron chi connectivity index (χ0n) is 12.2. The molecule has 0 saturated carbocycles. The molecule has 0 unspecified atom stereocenters. The van der Waals surface area contributed by atoms with Crippen LogP contribution in [0, 0.1) is 0 Å². The molecule has 3 rings (SSSR count). The first-order valence-electron chi connectivity index (χ1n) is 7.07. The molecule has 0 radical (unpaired) electrons. The first-order chi connectivity index (χ1) is 11.1. The van der Waals surface area contributed by atoms with Gasteiger partial charge >= 0.3 is 5.97 Å². The maximum Gasteiger partial charge on any atom is 0.338 e. The van der Waals surface area contributed by atoms with Gasteiger partial charge in [-0.3, -0.25) is 9.48 Å². The number of carboxylic acid groups (broad SMARTS) is 1. The van der Waals surface area contributed by atoms with Crippen molar-refractivity contribution in [3.05, 3.63) is 36.2 Å². The lowest BCUT2D eigenvalue weighted by molar-refractivity contribution is -0.116. The lowest BCUT2D eigenvalue weighted by Gasteiger charge is -2.19. The number of carbonyl (C=O) groups excluding carboxylic acids is 1. The van der Waals surface area contributed by atoms with Crippen molar-refractivity contribution in [2.75, 3.05) is 18.5 Å². The molecule has 1 amide bonds. The van der Waals surface area contributed by atoms with Gasteiger partial charge in [0.1, 0.15) is 13.2 Å². The van der Waals surface area contributed by atoms with Crippen LogP contribution in [0.3, 0.4) is 0 Å². The van der Waals surface area contributed by atoms with Gasteiger partial charge < -0.3 is 19.9 Å². The van der Waals surface area contributed by atoms with E-state index in [0.717, 1.165) is 0 Å². The summed E-state index contributed by atoms with van der Waals surface area (Å²) in [5.74, 6) is 0.0187. The van der Waals surface area contributed by atoms with Gasteiger partial charge in [-0.15, -0.1) is 0 Å². The number of ether oxygens (including phenoxy) is 2. The quantitative estimate of drug-likeness (QED) is 0.863. The average Bonchev–Trinajstić information content (AvgIpc) is 3.02. The number of aromatic carboxylic acids is 1. The van der Waals surface area contributed by atoms with E-state index in [1.807, 2.05) is 0 Å². The number of carbonyl (C=O) groups is 2. The summed E-state index contributed by atoms with van der Waals surface area (Å²) in [4.78, 5) is 22.7. The Bertz CT molecular complexity index is 740. The highest BCUT2D eigenvalue weighted by Gasteiger charge is 2.13. The number of amides is 1. The van der Waals surface area contributed by atoms with Gasteiger partial charge in [0.25, 0.3) is 0 Å². The van der Waals surface area contributed by atoms with Gasteiger partial charge in [0, 0.05) is 30.9 Å². The number of anilines is 1. The molecule has 2 heterocycles. The molecule has 0 aliphatic carbocycles. The standard InChI is InChI=1S/C15H15N3O5/c19-14(3-4-18-9-10(8-16-18)15(20)21)17-11-1-2-12-13(7-11)23-6-5-22-12/h1-2,7-9H,3-6H2,(H,17,19)(H,20,21). The number of fused-ring (bicyclic) bond motifs is 1. The lowest BCUT2D eigenvalue weighted by Crippen LogP contribution is -2.17. The molecule has 0 atom stereocenters. The van der Waals surface area contributed by atoms with E-state index in [2.05, 4.69) is 10.4 Å². The van der Waals surface area contributed by atoms with E-state index < -0.39 is 5.97 Å². The van der Waals surface area contributed by atoms with Crippen LogP contribution >= 0.6 is 0 Å². The smallest absolute Gasteiger partial charge is 0.338 e. The topological polar surface area (TPSA) is 103 Å². The third kappa shape index (κ3) is 3.60. The maximum atomic E-state index is 12.0. The zero-order valence-corrected chi connectivity index (χ0v) is 12.2. The maximum absolute atomic E-state index is 12.0. The average molecular weight is 317 g/mol. The molecule has 1 aromatic carbocycles. The van der Waals surface area contributed by atoms with Crippen molar-refractivity contribution in [2.24, 2.45) is 0 Å². The molecule has 23 heavy (non-hydrogen) atoms. The van der Waals surface area contributed by atoms with Gasteiger partial charge in [-0.25, -0.2) is 4.79 Å². The van der Waals surface area contributed by atoms with Crippen LogP contribution in [-0.2, 0) is 11.3 Å². The number of hydrogen-bond acceptors (Lipinski definition) is 5. The molecule has 1 aromatic heterocycles. The van der Waals surface area contributed by atoms with Crippen LogP contribution in [0.2, 0.25) is 0 Å². The van der Waals surface area contributed by atoms with Crippen LogP contribution in [0.15, 0.2) is 30.6 Å². The Labute approximate surface area is 131 Å². The minimum absolute atomic E-state index is 0.0947. The Morgan fingerprint density at radius 3 is 2.78 bits per heavy atom. The molecule has 0 bridgehead atoms. The second-order valence-electron chi connectivity index (χ2n) is 4.95. The zero-order chi connectivity index (χ0) is 16.2. The van der Waals surface area contributed by atoms with Crippen LogP contribution < -0.4 is 14.8 Å². The molecule has 1 aliphatic heterocycles. The van der Waals surface area contributed by atoms with Crippen molar-refractivity contribution in [2.45, 2.75) is 13.0 Å². The highest BCUT2D eigenvalue weighted by molar-refractivity contribution is 5.91. The van der Waals surface area contributed by atoms with Gasteiger partial charge in [0.05, 0.1) is 11.8 Å². The van der Waals surface area contributed by atoms with Crippen molar-refractivity contribution in [3.8, 4) is 11.5 Å². The van der Waals surface area contributed by atoms with E-state index in [4.69, 9.17) is 14.6 Å². The second-order valence-corrected chi connectivity index (χ2v) is 4.95. The van der Waals surface area contributed by atoms with Crippen LogP contribution in [-0.4, -0.2) is 40.0 Å². The minimum Gasteiger partial charge on any atom is -0.486 e. The molecule has 0 saturated heterocycles. The monoisotopic (exact) mass is 317 g/mol. The molecule has 2 N–H and O–H groups in total. The Balaban J connectivity index is 1.55. The van der Waals surface area contributed by atoms with E-state index in [0.29, 0.717) is 36.9 Å². The first kappa shape index (κ1) is 14.9. The Kier molecular flexibility index (Phi) is 4.13. The van der Waals surface area contributed by atoms with Crippen molar-refractivity contribution >= 4 is 17.6 Å². The van der Waals surface area contributed by atoms with Crippen LogP contribution in [0.4, 0.5) is 5.69 Å². The van der Waals surface area contributed by atoms with E-state index in [-0.39, 0.29) is 17.9 Å². The van der Waals surface area contributed by atoms with E-state index >= 15 is 0 Å². The number of rotatable bonds is 5. The Hall–Kier alpha value is -3.03. The molecule has 2 aromatic rings. The normalized spacial score (nSPS) is 12.7. The third-order valence-electron chi connectivity index (χ3n) is 3.27. The third-order valence-corrected chi connectivity index (χ3v) is 3.27. The first-order valence-corrected chi connectivity index (χ1v) is 7.07. The largest absolute Gasteiger partial charge is 0.486 e. The van der Waals surface area contributed by atoms with Gasteiger partial charge in [-0.05, 0) is 12.1 Å².